The first-order valence-electron chi connectivity index (χ1n) is 14.5. The summed E-state index contributed by atoms with van der Waals surface area (Å²) in [6, 6.07) is 5.15. The van der Waals surface area contributed by atoms with Gasteiger partial charge in [-0.05, 0) is 68.8 Å². The van der Waals surface area contributed by atoms with Gasteiger partial charge >= 0.3 is 5.97 Å². The Morgan fingerprint density at radius 1 is 1.04 bits per heavy atom. The number of aliphatic hydroxyl groups excluding tert-OH is 1. The van der Waals surface area contributed by atoms with Crippen LogP contribution in [0.2, 0.25) is 0 Å². The van der Waals surface area contributed by atoms with E-state index in [1.165, 1.54) is 12.1 Å². The summed E-state index contributed by atoms with van der Waals surface area (Å²) in [4.78, 5) is 50.9. The topological polar surface area (TPSA) is 176 Å². The van der Waals surface area contributed by atoms with E-state index in [1.807, 2.05) is 72.4 Å². The van der Waals surface area contributed by atoms with E-state index in [1.54, 1.807) is 12.1 Å². The standard InChI is InChI=1S/C28H40FN5O4.C2H6.2CH2O.CH4/c1-18(2)25-22(26(33-28(32-25)34(3)4)19-12-14-20(29)15-13-19)10-6-5-9-21(35)17-24(36)31-23(27(37)38)11-7-8-16-30;3*1-2;/h6,10,12-15,18,21,23,35H,5,7-9,11,16-17,30H2,1-4H3,(H,31,36)(H,37,38);1-2H3;2*1H2;1H4/b10-6+;;;;. The second-order valence-electron chi connectivity index (χ2n) is 9.81. The summed E-state index contributed by atoms with van der Waals surface area (Å²) < 4.78 is 13.6. The minimum atomic E-state index is -1.10. The number of amides is 1. The van der Waals surface area contributed by atoms with Gasteiger partial charge in [0.1, 0.15) is 25.4 Å². The van der Waals surface area contributed by atoms with E-state index in [9.17, 15) is 24.2 Å². The molecule has 45 heavy (non-hydrogen) atoms. The fourth-order valence-electron chi connectivity index (χ4n) is 3.92. The molecule has 0 saturated heterocycles. The van der Waals surface area contributed by atoms with Crippen molar-refractivity contribution in [1.29, 1.82) is 0 Å². The number of benzene rings is 1. The number of carboxylic acids is 1. The molecule has 0 aliphatic rings. The van der Waals surface area contributed by atoms with E-state index in [0.717, 1.165) is 16.8 Å². The normalized spacial score (nSPS) is 11.3. The van der Waals surface area contributed by atoms with Crippen molar-refractivity contribution >= 4 is 37.5 Å². The lowest BCUT2D eigenvalue weighted by atomic mass is 9.97. The number of carbonyl (C=O) groups excluding carboxylic acids is 3. The van der Waals surface area contributed by atoms with Crippen LogP contribution in [0.15, 0.2) is 30.3 Å². The lowest BCUT2D eigenvalue weighted by Crippen LogP contribution is -2.41. The van der Waals surface area contributed by atoms with Crippen molar-refractivity contribution in [2.75, 3.05) is 25.5 Å². The lowest BCUT2D eigenvalue weighted by Gasteiger charge is -2.19. The van der Waals surface area contributed by atoms with Gasteiger partial charge in [-0.15, -0.1) is 0 Å². The number of hydrogen-bond acceptors (Lipinski definition) is 9. The Labute approximate surface area is 268 Å². The van der Waals surface area contributed by atoms with Crippen LogP contribution in [-0.2, 0) is 19.2 Å². The van der Waals surface area contributed by atoms with Gasteiger partial charge in [0.2, 0.25) is 11.9 Å². The average Bonchev–Trinajstić information content (AvgIpc) is 3.01. The van der Waals surface area contributed by atoms with Crippen LogP contribution in [0.25, 0.3) is 17.3 Å². The number of nitrogens with zero attached hydrogens (tertiary/aromatic N) is 3. The zero-order valence-electron chi connectivity index (χ0n) is 26.9. The Morgan fingerprint density at radius 2 is 1.62 bits per heavy atom. The molecule has 0 aliphatic heterocycles. The van der Waals surface area contributed by atoms with Gasteiger partial charge in [-0.2, -0.15) is 0 Å². The number of aliphatic hydroxyl groups is 1. The number of hydrogen-bond donors (Lipinski definition) is 4. The van der Waals surface area contributed by atoms with Crippen molar-refractivity contribution in [3.05, 3.63) is 47.4 Å². The molecule has 1 aromatic carbocycles. The summed E-state index contributed by atoms with van der Waals surface area (Å²) in [7, 11) is 3.72. The van der Waals surface area contributed by atoms with E-state index in [0.29, 0.717) is 50.3 Å². The number of unbranched alkanes of at least 4 members (excludes halogenated alkanes) is 1. The predicted molar refractivity (Wildman–Crippen MR) is 180 cm³/mol. The fraction of sp³-hybridized carbons (Fsp3) is 0.515. The zero-order chi connectivity index (χ0) is 34.2. The van der Waals surface area contributed by atoms with Crippen LogP contribution < -0.4 is 16.0 Å². The summed E-state index contributed by atoms with van der Waals surface area (Å²) in [6.45, 7) is 12.5. The van der Waals surface area contributed by atoms with Gasteiger partial charge in [-0.1, -0.05) is 47.3 Å². The van der Waals surface area contributed by atoms with Crippen LogP contribution in [0.3, 0.4) is 0 Å². The molecule has 254 valence electrons. The van der Waals surface area contributed by atoms with Crippen LogP contribution in [0, 0.1) is 5.82 Å². The monoisotopic (exact) mass is 635 g/mol. The van der Waals surface area contributed by atoms with Crippen molar-refractivity contribution in [2.24, 2.45) is 5.73 Å². The molecule has 0 saturated carbocycles. The highest BCUT2D eigenvalue weighted by atomic mass is 19.1. The maximum atomic E-state index is 13.6. The molecule has 0 spiro atoms. The van der Waals surface area contributed by atoms with Crippen LogP contribution in [0.5, 0.6) is 0 Å². The van der Waals surface area contributed by atoms with Crippen molar-refractivity contribution in [1.82, 2.24) is 15.3 Å². The molecule has 0 aliphatic carbocycles. The summed E-state index contributed by atoms with van der Waals surface area (Å²) in [5, 5.41) is 22.2. The molecule has 2 aromatic rings. The molecular formula is C33H54FN5O6. The van der Waals surface area contributed by atoms with Crippen molar-refractivity contribution in [3.8, 4) is 11.3 Å². The van der Waals surface area contributed by atoms with E-state index in [4.69, 9.17) is 25.3 Å². The smallest absolute Gasteiger partial charge is 0.326 e. The molecule has 2 atom stereocenters. The number of halogens is 1. The number of carboxylic acid groups (broad SMARTS) is 1. The number of aliphatic carboxylic acids is 1. The Kier molecular flexibility index (Phi) is 26.6. The highest BCUT2D eigenvalue weighted by Gasteiger charge is 2.21. The summed E-state index contributed by atoms with van der Waals surface area (Å²) in [6.07, 6.45) is 5.04. The second kappa shape index (κ2) is 26.4. The van der Waals surface area contributed by atoms with Crippen molar-refractivity contribution < 1.29 is 33.8 Å². The molecule has 2 unspecified atom stereocenters. The summed E-state index contributed by atoms with van der Waals surface area (Å²) in [5.74, 6) is -1.30. The number of anilines is 1. The number of nitrogens with two attached hydrogens (primary N) is 1. The minimum Gasteiger partial charge on any atom is -0.480 e. The quantitative estimate of drug-likeness (QED) is 0.195. The first-order chi connectivity index (χ1) is 21.0. The third kappa shape index (κ3) is 17.1. The predicted octanol–water partition coefficient (Wildman–Crippen LogP) is 5.01. The van der Waals surface area contributed by atoms with Crippen LogP contribution in [-0.4, -0.2) is 78.4 Å². The average molecular weight is 636 g/mol. The van der Waals surface area contributed by atoms with Gasteiger partial charge < -0.3 is 35.8 Å². The maximum absolute atomic E-state index is 13.6. The first-order valence-corrected chi connectivity index (χ1v) is 14.5. The number of rotatable bonds is 15. The summed E-state index contributed by atoms with van der Waals surface area (Å²) >= 11 is 0. The molecule has 1 aromatic heterocycles. The van der Waals surface area contributed by atoms with Gasteiger partial charge in [0.15, 0.2) is 0 Å². The molecule has 0 radical (unpaired) electrons. The number of nitrogens with one attached hydrogen (secondary N) is 1. The molecule has 0 bridgehead atoms. The number of aromatic nitrogens is 2. The molecule has 5 N–H and O–H groups in total. The molecule has 12 heteroatoms. The molecular weight excluding hydrogens is 581 g/mol. The van der Waals surface area contributed by atoms with Gasteiger partial charge in [0, 0.05) is 25.2 Å². The minimum absolute atomic E-state index is 0. The third-order valence-electron chi connectivity index (χ3n) is 5.98. The van der Waals surface area contributed by atoms with E-state index < -0.39 is 24.0 Å². The Morgan fingerprint density at radius 3 is 2.11 bits per heavy atom. The Bertz CT molecular complexity index is 1130. The SMILES string of the molecule is C.C=O.C=O.CC.CC(C)c1nc(N(C)C)nc(-c2ccc(F)cc2)c1/C=C/CCC(O)CC(=O)NC(CCCCN)C(=O)O. The van der Waals surface area contributed by atoms with Crippen molar-refractivity contribution in [2.45, 2.75) is 91.7 Å². The lowest BCUT2D eigenvalue weighted by molar-refractivity contribution is -0.142. The molecule has 1 amide bonds. The molecule has 11 nitrogen and oxygen atoms in total. The van der Waals surface area contributed by atoms with E-state index in [-0.39, 0.29) is 25.6 Å². The first kappa shape index (κ1) is 45.4. The zero-order valence-corrected chi connectivity index (χ0v) is 26.9. The Hall–Kier alpha value is -4.03. The highest BCUT2D eigenvalue weighted by molar-refractivity contribution is 5.83. The summed E-state index contributed by atoms with van der Waals surface area (Å²) in [5.41, 5.74) is 8.53. The largest absolute Gasteiger partial charge is 0.480 e. The molecule has 1 heterocycles. The highest BCUT2D eigenvalue weighted by Crippen LogP contribution is 2.31. The fourth-order valence-corrected chi connectivity index (χ4v) is 3.92. The van der Waals surface area contributed by atoms with Gasteiger partial charge in [-0.3, -0.25) is 4.79 Å². The maximum Gasteiger partial charge on any atom is 0.326 e. The number of allylic oxidation sites excluding steroid dienone is 1. The molecule has 0 fully saturated rings. The van der Waals surface area contributed by atoms with Crippen LogP contribution in [0.1, 0.15) is 90.8 Å². The van der Waals surface area contributed by atoms with E-state index >= 15 is 0 Å². The van der Waals surface area contributed by atoms with Gasteiger partial charge in [0.25, 0.3) is 0 Å². The van der Waals surface area contributed by atoms with Crippen LogP contribution in [0.4, 0.5) is 10.3 Å². The second-order valence-corrected chi connectivity index (χ2v) is 9.81. The third-order valence-corrected chi connectivity index (χ3v) is 5.98. The van der Waals surface area contributed by atoms with Gasteiger partial charge in [0.05, 0.1) is 23.9 Å². The van der Waals surface area contributed by atoms with Crippen LogP contribution >= 0.6 is 0 Å². The Balaban J connectivity index is -0.00000237. The molecule has 2 rings (SSSR count). The van der Waals surface area contributed by atoms with E-state index in [2.05, 4.69) is 5.32 Å². The van der Waals surface area contributed by atoms with Crippen molar-refractivity contribution in [3.63, 3.8) is 0 Å². The number of carbonyl (C=O) groups is 4. The van der Waals surface area contributed by atoms with Gasteiger partial charge in [-0.25, -0.2) is 19.2 Å².